The van der Waals surface area contributed by atoms with Gasteiger partial charge in [-0.25, -0.2) is 0 Å². The summed E-state index contributed by atoms with van der Waals surface area (Å²) in [6.07, 6.45) is 0. The van der Waals surface area contributed by atoms with Crippen molar-refractivity contribution in [3.05, 3.63) is 68.7 Å². The number of aryl methyl sites for hydroxylation is 1. The molecule has 0 unspecified atom stereocenters. The Labute approximate surface area is 116 Å². The van der Waals surface area contributed by atoms with E-state index < -0.39 is 4.92 Å². The first-order chi connectivity index (χ1) is 9.09. The fourth-order valence-electron chi connectivity index (χ4n) is 1.85. The molecule has 0 bridgehead atoms. The molecule has 0 amide bonds. The maximum absolute atomic E-state index is 11.0. The number of benzene rings is 2. The lowest BCUT2D eigenvalue weighted by atomic mass is 10.1. The van der Waals surface area contributed by atoms with Gasteiger partial charge in [0.2, 0.25) is 0 Å². The molecule has 2 aromatic carbocycles. The van der Waals surface area contributed by atoms with Gasteiger partial charge in [0.25, 0.3) is 5.69 Å². The Bertz CT molecular complexity index is 614. The number of hydrogen-bond donors (Lipinski definition) is 1. The third-order valence-corrected chi connectivity index (χ3v) is 3.25. The lowest BCUT2D eigenvalue weighted by Crippen LogP contribution is -2.04. The number of para-hydroxylation sites is 1. The maximum atomic E-state index is 11.0. The highest BCUT2D eigenvalue weighted by Gasteiger charge is 2.16. The molecule has 0 aliphatic carbocycles. The van der Waals surface area contributed by atoms with Crippen molar-refractivity contribution in [3.63, 3.8) is 0 Å². The third-order valence-electron chi connectivity index (χ3n) is 2.89. The first-order valence-electron chi connectivity index (χ1n) is 5.81. The molecule has 0 saturated carbocycles. The molecule has 1 N–H and O–H groups in total. The highest BCUT2D eigenvalue weighted by Crippen LogP contribution is 2.27. The van der Waals surface area contributed by atoms with Crippen LogP contribution in [0.3, 0.4) is 0 Å². The number of nitro benzene ring substituents is 1. The van der Waals surface area contributed by atoms with Crippen molar-refractivity contribution in [1.29, 1.82) is 0 Å². The predicted octanol–water partition coefficient (Wildman–Crippen LogP) is 4.17. The lowest BCUT2D eigenvalue weighted by molar-refractivity contribution is -0.385. The van der Waals surface area contributed by atoms with E-state index in [-0.39, 0.29) is 5.69 Å². The normalized spacial score (nSPS) is 10.2. The van der Waals surface area contributed by atoms with Gasteiger partial charge in [-0.05, 0) is 24.6 Å². The fourth-order valence-corrected chi connectivity index (χ4v) is 2.08. The van der Waals surface area contributed by atoms with E-state index in [0.717, 1.165) is 11.3 Å². The number of rotatable bonds is 4. The zero-order valence-electron chi connectivity index (χ0n) is 10.4. The second-order valence-electron chi connectivity index (χ2n) is 4.16. The van der Waals surface area contributed by atoms with Crippen LogP contribution in [0.4, 0.5) is 11.4 Å². The van der Waals surface area contributed by atoms with Gasteiger partial charge in [0, 0.05) is 18.3 Å². The third kappa shape index (κ3) is 3.03. The zero-order chi connectivity index (χ0) is 13.8. The molecule has 0 atom stereocenters. The first-order valence-corrected chi connectivity index (χ1v) is 6.18. The van der Waals surface area contributed by atoms with E-state index in [0.29, 0.717) is 17.1 Å². The molecule has 0 radical (unpaired) electrons. The Morgan fingerprint density at radius 1 is 1.21 bits per heavy atom. The summed E-state index contributed by atoms with van der Waals surface area (Å²) in [7, 11) is 0. The summed E-state index contributed by atoms with van der Waals surface area (Å²) in [5.41, 5.74) is 2.56. The second-order valence-corrected chi connectivity index (χ2v) is 4.57. The van der Waals surface area contributed by atoms with Gasteiger partial charge in [0.1, 0.15) is 0 Å². The predicted molar refractivity (Wildman–Crippen MR) is 76.6 cm³/mol. The number of nitrogens with one attached hydrogen (secondary N) is 1. The lowest BCUT2D eigenvalue weighted by Gasteiger charge is -2.10. The van der Waals surface area contributed by atoms with E-state index in [9.17, 15) is 10.1 Å². The van der Waals surface area contributed by atoms with Crippen LogP contribution in [0.1, 0.15) is 11.1 Å². The summed E-state index contributed by atoms with van der Waals surface area (Å²) in [5, 5.41) is 14.5. The summed E-state index contributed by atoms with van der Waals surface area (Å²) in [6, 6.07) is 12.5. The van der Waals surface area contributed by atoms with E-state index in [1.54, 1.807) is 12.1 Å². The summed E-state index contributed by atoms with van der Waals surface area (Å²) < 4.78 is 0. The summed E-state index contributed by atoms with van der Waals surface area (Å²) >= 11 is 6.04. The molecule has 98 valence electrons. The number of hydrogen-bond acceptors (Lipinski definition) is 3. The fraction of sp³-hybridized carbons (Fsp3) is 0.143. The van der Waals surface area contributed by atoms with Crippen molar-refractivity contribution in [1.82, 2.24) is 0 Å². The van der Waals surface area contributed by atoms with Crippen LogP contribution < -0.4 is 5.32 Å². The van der Waals surface area contributed by atoms with Crippen LogP contribution in [0.15, 0.2) is 42.5 Å². The number of anilines is 1. The van der Waals surface area contributed by atoms with Crippen molar-refractivity contribution in [2.24, 2.45) is 0 Å². The molecule has 2 rings (SSSR count). The van der Waals surface area contributed by atoms with Crippen LogP contribution in [0.5, 0.6) is 0 Å². The highest BCUT2D eigenvalue weighted by atomic mass is 35.5. The molecule has 4 nitrogen and oxygen atoms in total. The minimum Gasteiger partial charge on any atom is -0.380 e. The molecule has 0 aliphatic rings. The molecule has 0 aliphatic heterocycles. The van der Waals surface area contributed by atoms with Crippen molar-refractivity contribution in [3.8, 4) is 0 Å². The van der Waals surface area contributed by atoms with Crippen LogP contribution in [-0.2, 0) is 6.54 Å². The van der Waals surface area contributed by atoms with E-state index in [1.165, 1.54) is 6.07 Å². The highest BCUT2D eigenvalue weighted by molar-refractivity contribution is 6.31. The SMILES string of the molecule is Cc1ccccc1NCc1c(Cl)cccc1[N+](=O)[O-]. The Hall–Kier alpha value is -2.07. The molecule has 0 spiro atoms. The molecular formula is C14H13ClN2O2. The van der Waals surface area contributed by atoms with E-state index >= 15 is 0 Å². The monoisotopic (exact) mass is 276 g/mol. The average Bonchev–Trinajstić information content (AvgIpc) is 2.38. The Morgan fingerprint density at radius 3 is 2.63 bits per heavy atom. The average molecular weight is 277 g/mol. The van der Waals surface area contributed by atoms with Crippen LogP contribution in [0.2, 0.25) is 5.02 Å². The van der Waals surface area contributed by atoms with Crippen molar-refractivity contribution in [2.45, 2.75) is 13.5 Å². The van der Waals surface area contributed by atoms with Crippen molar-refractivity contribution >= 4 is 23.0 Å². The van der Waals surface area contributed by atoms with Gasteiger partial charge in [-0.3, -0.25) is 10.1 Å². The Kier molecular flexibility index (Phi) is 4.02. The van der Waals surface area contributed by atoms with Crippen molar-refractivity contribution < 1.29 is 4.92 Å². The van der Waals surface area contributed by atoms with Gasteiger partial charge in [-0.1, -0.05) is 35.9 Å². The number of nitrogens with zero attached hydrogens (tertiary/aromatic N) is 1. The topological polar surface area (TPSA) is 55.2 Å². The van der Waals surface area contributed by atoms with Gasteiger partial charge in [0.15, 0.2) is 0 Å². The van der Waals surface area contributed by atoms with Gasteiger partial charge in [-0.2, -0.15) is 0 Å². The smallest absolute Gasteiger partial charge is 0.275 e. The quantitative estimate of drug-likeness (QED) is 0.673. The van der Waals surface area contributed by atoms with Gasteiger partial charge in [0.05, 0.1) is 15.5 Å². The Balaban J connectivity index is 2.25. The van der Waals surface area contributed by atoms with E-state index in [2.05, 4.69) is 5.32 Å². The molecule has 19 heavy (non-hydrogen) atoms. The molecule has 0 saturated heterocycles. The zero-order valence-corrected chi connectivity index (χ0v) is 11.1. The van der Waals surface area contributed by atoms with E-state index in [4.69, 9.17) is 11.6 Å². The summed E-state index contributed by atoms with van der Waals surface area (Å²) in [5.74, 6) is 0. The minimum absolute atomic E-state index is 0.0357. The summed E-state index contributed by atoms with van der Waals surface area (Å²) in [4.78, 5) is 10.6. The molecule has 2 aromatic rings. The first kappa shape index (κ1) is 13.4. The van der Waals surface area contributed by atoms with Gasteiger partial charge in [-0.15, -0.1) is 0 Å². The van der Waals surface area contributed by atoms with Gasteiger partial charge >= 0.3 is 0 Å². The standard InChI is InChI=1S/C14H13ClN2O2/c1-10-5-2-3-7-13(10)16-9-11-12(15)6-4-8-14(11)17(18)19/h2-8,16H,9H2,1H3. The van der Waals surface area contributed by atoms with Crippen LogP contribution in [0.25, 0.3) is 0 Å². The minimum atomic E-state index is -0.416. The molecule has 0 fully saturated rings. The largest absolute Gasteiger partial charge is 0.380 e. The second kappa shape index (κ2) is 5.71. The van der Waals surface area contributed by atoms with Crippen LogP contribution >= 0.6 is 11.6 Å². The molecule has 0 aromatic heterocycles. The maximum Gasteiger partial charge on any atom is 0.275 e. The Morgan fingerprint density at radius 2 is 1.95 bits per heavy atom. The number of nitro groups is 1. The van der Waals surface area contributed by atoms with Gasteiger partial charge < -0.3 is 5.32 Å². The molecule has 5 heteroatoms. The van der Waals surface area contributed by atoms with E-state index in [1.807, 2.05) is 31.2 Å². The van der Waals surface area contributed by atoms with Crippen LogP contribution in [0, 0.1) is 17.0 Å². The number of halogens is 1. The van der Waals surface area contributed by atoms with Crippen LogP contribution in [-0.4, -0.2) is 4.92 Å². The molecule has 0 heterocycles. The van der Waals surface area contributed by atoms with Crippen molar-refractivity contribution in [2.75, 3.05) is 5.32 Å². The molecular weight excluding hydrogens is 264 g/mol. The summed E-state index contributed by atoms with van der Waals surface area (Å²) in [6.45, 7) is 2.30.